The van der Waals surface area contributed by atoms with Gasteiger partial charge in [-0.05, 0) is 42.1 Å². The Labute approximate surface area is 75.3 Å². The van der Waals surface area contributed by atoms with Crippen LogP contribution in [0.25, 0.3) is 0 Å². The van der Waals surface area contributed by atoms with Gasteiger partial charge in [-0.1, -0.05) is 11.6 Å². The zero-order chi connectivity index (χ0) is 7.68. The molecule has 0 amide bonds. The summed E-state index contributed by atoms with van der Waals surface area (Å²) >= 11 is 7.54. The van der Waals surface area contributed by atoms with Crippen molar-refractivity contribution in [3.8, 4) is 0 Å². The van der Waals surface area contributed by atoms with Gasteiger partial charge in [0.25, 0.3) is 0 Å². The molecule has 2 rings (SSSR count). The van der Waals surface area contributed by atoms with Gasteiger partial charge in [0.2, 0.25) is 0 Å². The van der Waals surface area contributed by atoms with E-state index in [9.17, 15) is 0 Å². The lowest BCUT2D eigenvalue weighted by atomic mass is 10.1. The summed E-state index contributed by atoms with van der Waals surface area (Å²) in [5, 5.41) is 0.839. The van der Waals surface area contributed by atoms with E-state index in [0.717, 1.165) is 18.0 Å². The predicted octanol–water partition coefficient (Wildman–Crippen LogP) is 2.49. The van der Waals surface area contributed by atoms with Crippen LogP contribution in [0.1, 0.15) is 5.56 Å². The van der Waals surface area contributed by atoms with Gasteiger partial charge in [0, 0.05) is 16.5 Å². The molecular formula is C8H8ClNS. The Kier molecular flexibility index (Phi) is 2.07. The number of hydrogen-bond acceptors (Lipinski definition) is 2. The molecule has 1 N–H and O–H groups in total. The largest absolute Gasteiger partial charge is 0.260 e. The highest BCUT2D eigenvalue weighted by molar-refractivity contribution is 7.97. The van der Waals surface area contributed by atoms with Crippen LogP contribution >= 0.6 is 23.5 Å². The van der Waals surface area contributed by atoms with Crippen LogP contribution in [-0.4, -0.2) is 6.54 Å². The van der Waals surface area contributed by atoms with E-state index in [4.69, 9.17) is 11.6 Å². The van der Waals surface area contributed by atoms with Gasteiger partial charge in [-0.25, -0.2) is 0 Å². The second-order valence-corrected chi connectivity index (χ2v) is 3.87. The van der Waals surface area contributed by atoms with Crippen molar-refractivity contribution in [2.45, 2.75) is 11.3 Å². The lowest BCUT2D eigenvalue weighted by molar-refractivity contribution is 0.865. The van der Waals surface area contributed by atoms with Crippen molar-refractivity contribution in [3.63, 3.8) is 0 Å². The Morgan fingerprint density at radius 1 is 1.45 bits per heavy atom. The highest BCUT2D eigenvalue weighted by Crippen LogP contribution is 2.26. The summed E-state index contributed by atoms with van der Waals surface area (Å²) in [4.78, 5) is 1.31. The molecule has 0 fully saturated rings. The highest BCUT2D eigenvalue weighted by Gasteiger charge is 2.08. The molecule has 3 heteroatoms. The molecule has 1 aromatic carbocycles. The van der Waals surface area contributed by atoms with Crippen molar-refractivity contribution in [1.29, 1.82) is 0 Å². The Hall–Kier alpha value is -0.180. The number of fused-ring (bicyclic) bond motifs is 1. The first-order valence-corrected chi connectivity index (χ1v) is 4.74. The average Bonchev–Trinajstić information content (AvgIpc) is 2.04. The second kappa shape index (κ2) is 3.05. The standard InChI is InChI=1S/C8H8ClNS/c9-7-1-2-8-6(5-7)3-4-10-11-8/h1-2,5,10H,3-4H2. The molecule has 0 saturated carbocycles. The molecule has 0 unspecified atom stereocenters. The number of nitrogens with one attached hydrogen (secondary N) is 1. The van der Waals surface area contributed by atoms with E-state index in [0.29, 0.717) is 0 Å². The molecule has 58 valence electrons. The number of rotatable bonds is 0. The van der Waals surface area contributed by atoms with E-state index < -0.39 is 0 Å². The molecule has 0 bridgehead atoms. The maximum absolute atomic E-state index is 5.85. The highest BCUT2D eigenvalue weighted by atomic mass is 35.5. The molecule has 1 heterocycles. The van der Waals surface area contributed by atoms with E-state index in [1.807, 2.05) is 12.1 Å². The third-order valence-corrected chi connectivity index (χ3v) is 2.90. The van der Waals surface area contributed by atoms with Gasteiger partial charge in [-0.3, -0.25) is 4.72 Å². The summed E-state index contributed by atoms with van der Waals surface area (Å²) in [5.74, 6) is 0. The minimum Gasteiger partial charge on any atom is -0.260 e. The fourth-order valence-corrected chi connectivity index (χ4v) is 2.14. The van der Waals surface area contributed by atoms with Crippen LogP contribution in [0.15, 0.2) is 23.1 Å². The van der Waals surface area contributed by atoms with Crippen molar-refractivity contribution in [3.05, 3.63) is 28.8 Å². The van der Waals surface area contributed by atoms with Crippen molar-refractivity contribution < 1.29 is 0 Å². The Morgan fingerprint density at radius 2 is 2.36 bits per heavy atom. The molecule has 1 aromatic rings. The fourth-order valence-electron chi connectivity index (χ4n) is 1.16. The Morgan fingerprint density at radius 3 is 3.27 bits per heavy atom. The summed E-state index contributed by atoms with van der Waals surface area (Å²) in [6.45, 7) is 1.04. The smallest absolute Gasteiger partial charge is 0.0409 e. The van der Waals surface area contributed by atoms with Crippen LogP contribution < -0.4 is 4.72 Å². The summed E-state index contributed by atoms with van der Waals surface area (Å²) in [7, 11) is 0. The third kappa shape index (κ3) is 1.53. The predicted molar refractivity (Wildman–Crippen MR) is 49.0 cm³/mol. The molecule has 0 saturated heterocycles. The summed E-state index contributed by atoms with van der Waals surface area (Å²) in [5.41, 5.74) is 1.36. The first-order valence-electron chi connectivity index (χ1n) is 3.54. The van der Waals surface area contributed by atoms with Crippen molar-refractivity contribution in [2.75, 3.05) is 6.54 Å². The maximum atomic E-state index is 5.85. The molecule has 0 aromatic heterocycles. The van der Waals surface area contributed by atoms with Crippen LogP contribution in [-0.2, 0) is 6.42 Å². The summed E-state index contributed by atoms with van der Waals surface area (Å²) in [6.07, 6.45) is 1.09. The lowest BCUT2D eigenvalue weighted by Gasteiger charge is -2.15. The fraction of sp³-hybridized carbons (Fsp3) is 0.250. The zero-order valence-corrected chi connectivity index (χ0v) is 7.50. The molecule has 1 aliphatic rings. The number of hydrogen-bond donors (Lipinski definition) is 1. The topological polar surface area (TPSA) is 12.0 Å². The molecule has 0 spiro atoms. The third-order valence-electron chi connectivity index (χ3n) is 1.70. The minimum absolute atomic E-state index is 0.839. The quantitative estimate of drug-likeness (QED) is 0.624. The molecule has 1 nitrogen and oxygen atoms in total. The van der Waals surface area contributed by atoms with Gasteiger partial charge in [0.1, 0.15) is 0 Å². The van der Waals surface area contributed by atoms with Crippen molar-refractivity contribution in [1.82, 2.24) is 4.72 Å². The molecule has 1 aliphatic heterocycles. The van der Waals surface area contributed by atoms with E-state index >= 15 is 0 Å². The van der Waals surface area contributed by atoms with Gasteiger partial charge < -0.3 is 0 Å². The van der Waals surface area contributed by atoms with E-state index in [1.54, 1.807) is 11.9 Å². The van der Waals surface area contributed by atoms with Crippen LogP contribution in [0, 0.1) is 0 Å². The van der Waals surface area contributed by atoms with Crippen molar-refractivity contribution in [2.24, 2.45) is 0 Å². The molecule has 0 aliphatic carbocycles. The van der Waals surface area contributed by atoms with Gasteiger partial charge in [0.15, 0.2) is 0 Å². The van der Waals surface area contributed by atoms with E-state index in [1.165, 1.54) is 10.5 Å². The monoisotopic (exact) mass is 185 g/mol. The van der Waals surface area contributed by atoms with E-state index in [2.05, 4.69) is 10.8 Å². The van der Waals surface area contributed by atoms with Gasteiger partial charge in [-0.2, -0.15) is 0 Å². The Balaban J connectivity index is 2.43. The number of halogens is 1. The average molecular weight is 186 g/mol. The SMILES string of the molecule is Clc1ccc2c(c1)CCNS2. The van der Waals surface area contributed by atoms with Crippen LogP contribution in [0.3, 0.4) is 0 Å². The minimum atomic E-state index is 0.839. The summed E-state index contributed by atoms with van der Waals surface area (Å²) in [6, 6.07) is 6.04. The van der Waals surface area contributed by atoms with Gasteiger partial charge in [0.05, 0.1) is 0 Å². The van der Waals surface area contributed by atoms with Crippen molar-refractivity contribution >= 4 is 23.5 Å². The first kappa shape index (κ1) is 7.47. The number of benzene rings is 1. The van der Waals surface area contributed by atoms with E-state index in [-0.39, 0.29) is 0 Å². The molecule has 0 radical (unpaired) electrons. The Bertz CT molecular complexity index is 275. The van der Waals surface area contributed by atoms with Crippen LogP contribution in [0.2, 0.25) is 5.02 Å². The maximum Gasteiger partial charge on any atom is 0.0409 e. The molecule has 0 atom stereocenters. The van der Waals surface area contributed by atoms with Crippen LogP contribution in [0.5, 0.6) is 0 Å². The first-order chi connectivity index (χ1) is 5.36. The molecular weight excluding hydrogens is 178 g/mol. The second-order valence-electron chi connectivity index (χ2n) is 2.50. The van der Waals surface area contributed by atoms with Crippen LogP contribution in [0.4, 0.5) is 0 Å². The molecule has 11 heavy (non-hydrogen) atoms. The van der Waals surface area contributed by atoms with Gasteiger partial charge >= 0.3 is 0 Å². The normalized spacial score (nSPS) is 16.1. The summed E-state index contributed by atoms with van der Waals surface area (Å²) < 4.78 is 3.23. The zero-order valence-electron chi connectivity index (χ0n) is 5.93. The van der Waals surface area contributed by atoms with Gasteiger partial charge in [-0.15, -0.1) is 0 Å². The lowest BCUT2D eigenvalue weighted by Crippen LogP contribution is -2.14.